The van der Waals surface area contributed by atoms with E-state index in [2.05, 4.69) is 5.32 Å². The van der Waals surface area contributed by atoms with E-state index in [9.17, 15) is 15.0 Å². The normalized spacial score (nSPS) is 12.5. The molecule has 0 fully saturated rings. The Morgan fingerprint density at radius 3 is 2.62 bits per heavy atom. The predicted molar refractivity (Wildman–Crippen MR) is 93.3 cm³/mol. The van der Waals surface area contributed by atoms with Crippen LogP contribution in [0.3, 0.4) is 0 Å². The van der Waals surface area contributed by atoms with Gasteiger partial charge in [-0.2, -0.15) is 5.26 Å². The molecule has 2 aromatic rings. The number of carbonyl (C=O) groups is 1. The van der Waals surface area contributed by atoms with Crippen molar-refractivity contribution in [3.05, 3.63) is 65.2 Å². The van der Waals surface area contributed by atoms with Crippen molar-refractivity contribution < 1.29 is 24.5 Å². The largest absolute Gasteiger partial charge is 0.495 e. The Balaban J connectivity index is 1.86. The average Bonchev–Trinajstić information content (AvgIpc) is 2.70. The lowest BCUT2D eigenvalue weighted by Crippen LogP contribution is -2.35. The molecule has 2 atom stereocenters. The standard InChI is InChI=1S/C19H20N2O5/c1-25-17-9-14(7-8-15(17)10-20)18(23)16(22)11-21-19(24)26-12-13-5-3-2-4-6-13/h2-9,16,18,22-23H,11-12H2,1H3,(H,21,24). The number of nitrogens with one attached hydrogen (secondary N) is 1. The molecule has 0 aliphatic rings. The number of rotatable bonds is 7. The lowest BCUT2D eigenvalue weighted by Gasteiger charge is -2.19. The molecule has 136 valence electrons. The van der Waals surface area contributed by atoms with Crippen molar-refractivity contribution in [2.75, 3.05) is 13.7 Å². The van der Waals surface area contributed by atoms with Gasteiger partial charge in [0.05, 0.1) is 12.7 Å². The summed E-state index contributed by atoms with van der Waals surface area (Å²) in [5, 5.41) is 31.6. The fourth-order valence-electron chi connectivity index (χ4n) is 2.28. The van der Waals surface area contributed by atoms with E-state index in [0.29, 0.717) is 16.9 Å². The summed E-state index contributed by atoms with van der Waals surface area (Å²) in [4.78, 5) is 11.7. The molecule has 0 saturated carbocycles. The van der Waals surface area contributed by atoms with Gasteiger partial charge in [-0.25, -0.2) is 4.79 Å². The second-order valence-corrected chi connectivity index (χ2v) is 5.53. The van der Waals surface area contributed by atoms with Crippen molar-refractivity contribution in [3.8, 4) is 11.8 Å². The summed E-state index contributed by atoms with van der Waals surface area (Å²) in [5.74, 6) is 0.298. The van der Waals surface area contributed by atoms with Crippen LogP contribution < -0.4 is 10.1 Å². The maximum atomic E-state index is 11.7. The number of nitriles is 1. The summed E-state index contributed by atoms with van der Waals surface area (Å²) in [6.45, 7) is -0.0880. The van der Waals surface area contributed by atoms with E-state index >= 15 is 0 Å². The highest BCUT2D eigenvalue weighted by molar-refractivity contribution is 5.67. The van der Waals surface area contributed by atoms with Crippen molar-refractivity contribution in [1.29, 1.82) is 5.26 Å². The van der Waals surface area contributed by atoms with E-state index < -0.39 is 18.3 Å². The fourth-order valence-corrected chi connectivity index (χ4v) is 2.28. The lowest BCUT2D eigenvalue weighted by molar-refractivity contribution is 0.0183. The van der Waals surface area contributed by atoms with Gasteiger partial charge in [-0.15, -0.1) is 0 Å². The first-order valence-corrected chi connectivity index (χ1v) is 7.94. The molecule has 7 nitrogen and oxygen atoms in total. The first-order valence-electron chi connectivity index (χ1n) is 7.94. The van der Waals surface area contributed by atoms with Crippen LogP contribution in [0.1, 0.15) is 22.8 Å². The van der Waals surface area contributed by atoms with Gasteiger partial charge in [0.25, 0.3) is 0 Å². The maximum Gasteiger partial charge on any atom is 0.407 e. The predicted octanol–water partition coefficient (Wildman–Crippen LogP) is 1.89. The minimum absolute atomic E-state index is 0.109. The van der Waals surface area contributed by atoms with Gasteiger partial charge >= 0.3 is 6.09 Å². The number of ether oxygens (including phenoxy) is 2. The number of carbonyl (C=O) groups excluding carboxylic acids is 1. The Kier molecular flexibility index (Phi) is 6.97. The van der Waals surface area contributed by atoms with Gasteiger partial charge in [0.1, 0.15) is 30.6 Å². The Labute approximate surface area is 151 Å². The summed E-state index contributed by atoms with van der Waals surface area (Å²) >= 11 is 0. The Hall–Kier alpha value is -3.08. The molecule has 0 spiro atoms. The Bertz CT molecular complexity index is 773. The second kappa shape index (κ2) is 9.42. The smallest absolute Gasteiger partial charge is 0.407 e. The molecule has 1 amide bonds. The quantitative estimate of drug-likeness (QED) is 0.698. The summed E-state index contributed by atoms with van der Waals surface area (Å²) in [7, 11) is 1.41. The van der Waals surface area contributed by atoms with Crippen molar-refractivity contribution in [3.63, 3.8) is 0 Å². The molecule has 7 heteroatoms. The number of benzene rings is 2. The van der Waals surface area contributed by atoms with Crippen LogP contribution in [0.5, 0.6) is 5.75 Å². The zero-order valence-electron chi connectivity index (χ0n) is 14.3. The van der Waals surface area contributed by atoms with Gasteiger partial charge in [-0.1, -0.05) is 36.4 Å². The van der Waals surface area contributed by atoms with E-state index in [0.717, 1.165) is 5.56 Å². The van der Waals surface area contributed by atoms with E-state index in [-0.39, 0.29) is 13.2 Å². The third-order valence-electron chi connectivity index (χ3n) is 3.72. The Morgan fingerprint density at radius 1 is 1.23 bits per heavy atom. The highest BCUT2D eigenvalue weighted by atomic mass is 16.5. The molecule has 2 aromatic carbocycles. The van der Waals surface area contributed by atoms with Crippen molar-refractivity contribution in [2.45, 2.75) is 18.8 Å². The molecule has 0 aliphatic heterocycles. The summed E-state index contributed by atoms with van der Waals surface area (Å²) in [6.07, 6.45) is -3.21. The van der Waals surface area contributed by atoms with Crippen molar-refractivity contribution >= 4 is 6.09 Å². The SMILES string of the molecule is COc1cc(C(O)C(O)CNC(=O)OCc2ccccc2)ccc1C#N. The molecule has 2 unspecified atom stereocenters. The first-order chi connectivity index (χ1) is 12.5. The monoisotopic (exact) mass is 356 g/mol. The van der Waals surface area contributed by atoms with Crippen molar-refractivity contribution in [1.82, 2.24) is 5.32 Å². The number of aliphatic hydroxyl groups excluding tert-OH is 2. The summed E-state index contributed by atoms with van der Waals surface area (Å²) in [5.41, 5.74) is 1.53. The lowest BCUT2D eigenvalue weighted by atomic mass is 10.0. The topological polar surface area (TPSA) is 112 Å². The molecule has 0 heterocycles. The van der Waals surface area contributed by atoms with Gasteiger partial charge in [-0.3, -0.25) is 0 Å². The summed E-state index contributed by atoms with van der Waals surface area (Å²) in [6, 6.07) is 15.6. The van der Waals surface area contributed by atoms with Crippen LogP contribution in [0, 0.1) is 11.3 Å². The molecule has 0 aliphatic carbocycles. The van der Waals surface area contributed by atoms with Gasteiger partial charge in [0, 0.05) is 6.54 Å². The summed E-state index contributed by atoms with van der Waals surface area (Å²) < 4.78 is 10.1. The zero-order chi connectivity index (χ0) is 18.9. The second-order valence-electron chi connectivity index (χ2n) is 5.53. The highest BCUT2D eigenvalue weighted by Crippen LogP contribution is 2.25. The van der Waals surface area contributed by atoms with Gasteiger partial charge in [0.15, 0.2) is 0 Å². The molecule has 0 aromatic heterocycles. The van der Waals surface area contributed by atoms with Crippen LogP contribution in [-0.2, 0) is 11.3 Å². The van der Waals surface area contributed by atoms with Crippen LogP contribution in [0.4, 0.5) is 4.79 Å². The highest BCUT2D eigenvalue weighted by Gasteiger charge is 2.20. The Morgan fingerprint density at radius 2 is 1.96 bits per heavy atom. The number of nitrogens with zero attached hydrogens (tertiary/aromatic N) is 1. The van der Waals surface area contributed by atoms with Crippen molar-refractivity contribution in [2.24, 2.45) is 0 Å². The molecule has 0 bridgehead atoms. The number of aliphatic hydroxyl groups is 2. The fraction of sp³-hybridized carbons (Fsp3) is 0.263. The van der Waals surface area contributed by atoms with Gasteiger partial charge in [0.2, 0.25) is 0 Å². The van der Waals surface area contributed by atoms with Crippen LogP contribution in [0.15, 0.2) is 48.5 Å². The number of amides is 1. The molecular weight excluding hydrogens is 336 g/mol. The molecule has 2 rings (SSSR count). The number of hydrogen-bond donors (Lipinski definition) is 3. The maximum absolute atomic E-state index is 11.7. The van der Waals surface area contributed by atoms with Crippen LogP contribution in [-0.4, -0.2) is 36.1 Å². The number of alkyl carbamates (subject to hydrolysis) is 1. The molecule has 0 saturated heterocycles. The van der Waals surface area contributed by atoms with E-state index in [1.54, 1.807) is 0 Å². The number of methoxy groups -OCH3 is 1. The number of hydrogen-bond acceptors (Lipinski definition) is 6. The zero-order valence-corrected chi connectivity index (χ0v) is 14.3. The molecule has 0 radical (unpaired) electrons. The average molecular weight is 356 g/mol. The third-order valence-corrected chi connectivity index (χ3v) is 3.72. The molecular formula is C19H20N2O5. The van der Waals surface area contributed by atoms with Crippen LogP contribution >= 0.6 is 0 Å². The first kappa shape index (κ1) is 19.2. The van der Waals surface area contributed by atoms with Gasteiger partial charge in [-0.05, 0) is 23.3 Å². The van der Waals surface area contributed by atoms with Crippen LogP contribution in [0.25, 0.3) is 0 Å². The molecule has 3 N–H and O–H groups in total. The van der Waals surface area contributed by atoms with E-state index in [4.69, 9.17) is 14.7 Å². The van der Waals surface area contributed by atoms with E-state index in [1.807, 2.05) is 36.4 Å². The van der Waals surface area contributed by atoms with Crippen LogP contribution in [0.2, 0.25) is 0 Å². The third kappa shape index (κ3) is 5.21. The van der Waals surface area contributed by atoms with Gasteiger partial charge < -0.3 is 25.0 Å². The minimum Gasteiger partial charge on any atom is -0.495 e. The van der Waals surface area contributed by atoms with E-state index in [1.165, 1.54) is 25.3 Å². The minimum atomic E-state index is -1.26. The molecule has 26 heavy (non-hydrogen) atoms.